The SMILES string of the molecule is COc1ccc([C@@H]([NH2+]CC(=O)NC(=O)NC2CCCC2)c2ccccc2)cc1. The first-order valence-electron chi connectivity index (χ1n) is 9.78. The number of nitrogens with one attached hydrogen (secondary N) is 2. The summed E-state index contributed by atoms with van der Waals surface area (Å²) in [7, 11) is 1.64. The third-order valence-corrected chi connectivity index (χ3v) is 5.12. The predicted octanol–water partition coefficient (Wildman–Crippen LogP) is 2.12. The average molecular weight is 382 g/mol. The fourth-order valence-corrected chi connectivity index (χ4v) is 3.63. The van der Waals surface area contributed by atoms with Crippen molar-refractivity contribution in [3.05, 3.63) is 65.7 Å². The monoisotopic (exact) mass is 382 g/mol. The van der Waals surface area contributed by atoms with Crippen LogP contribution in [0.25, 0.3) is 0 Å². The van der Waals surface area contributed by atoms with Gasteiger partial charge in [0.15, 0.2) is 6.54 Å². The Morgan fingerprint density at radius 2 is 1.68 bits per heavy atom. The Morgan fingerprint density at radius 3 is 2.32 bits per heavy atom. The lowest BCUT2D eigenvalue weighted by Gasteiger charge is -2.17. The number of carbonyl (C=O) groups excluding carboxylic acids is 2. The quantitative estimate of drug-likeness (QED) is 0.686. The molecule has 4 N–H and O–H groups in total. The van der Waals surface area contributed by atoms with E-state index in [2.05, 4.69) is 10.6 Å². The van der Waals surface area contributed by atoms with E-state index in [0.29, 0.717) is 0 Å². The fourth-order valence-electron chi connectivity index (χ4n) is 3.63. The molecule has 0 heterocycles. The van der Waals surface area contributed by atoms with Gasteiger partial charge in [-0.2, -0.15) is 0 Å². The van der Waals surface area contributed by atoms with Gasteiger partial charge in [-0.1, -0.05) is 43.2 Å². The van der Waals surface area contributed by atoms with Crippen molar-refractivity contribution in [2.24, 2.45) is 0 Å². The van der Waals surface area contributed by atoms with E-state index >= 15 is 0 Å². The zero-order valence-electron chi connectivity index (χ0n) is 16.2. The average Bonchev–Trinajstić information content (AvgIpc) is 3.22. The molecule has 28 heavy (non-hydrogen) atoms. The van der Waals surface area contributed by atoms with Crippen LogP contribution in [0, 0.1) is 0 Å². The minimum Gasteiger partial charge on any atom is -0.497 e. The molecule has 0 aromatic heterocycles. The number of urea groups is 1. The molecule has 1 fully saturated rings. The van der Waals surface area contributed by atoms with Crippen LogP contribution in [0.3, 0.4) is 0 Å². The molecule has 0 saturated heterocycles. The van der Waals surface area contributed by atoms with Crippen LogP contribution in [0.5, 0.6) is 5.75 Å². The van der Waals surface area contributed by atoms with Crippen LogP contribution in [0.2, 0.25) is 0 Å². The lowest BCUT2D eigenvalue weighted by Crippen LogP contribution is -2.88. The van der Waals surface area contributed by atoms with Gasteiger partial charge in [-0.05, 0) is 37.1 Å². The van der Waals surface area contributed by atoms with E-state index in [-0.39, 0.29) is 24.5 Å². The largest absolute Gasteiger partial charge is 0.497 e. The van der Waals surface area contributed by atoms with E-state index in [9.17, 15) is 9.59 Å². The highest BCUT2D eigenvalue weighted by molar-refractivity contribution is 5.94. The molecule has 2 aromatic rings. The number of hydrogen-bond acceptors (Lipinski definition) is 3. The molecule has 3 rings (SSSR count). The van der Waals surface area contributed by atoms with Crippen molar-refractivity contribution in [3.8, 4) is 5.75 Å². The van der Waals surface area contributed by atoms with Crippen LogP contribution in [0.4, 0.5) is 4.79 Å². The molecule has 0 radical (unpaired) electrons. The fraction of sp³-hybridized carbons (Fsp3) is 0.364. The zero-order chi connectivity index (χ0) is 19.8. The lowest BCUT2D eigenvalue weighted by molar-refractivity contribution is -0.676. The topological polar surface area (TPSA) is 84.0 Å². The summed E-state index contributed by atoms with van der Waals surface area (Å²) in [5, 5.41) is 7.26. The molecule has 148 valence electrons. The molecule has 2 aromatic carbocycles. The molecular formula is C22H28N3O3+. The normalized spacial score (nSPS) is 15.0. The van der Waals surface area contributed by atoms with E-state index in [1.165, 1.54) is 0 Å². The van der Waals surface area contributed by atoms with Gasteiger partial charge in [0.2, 0.25) is 0 Å². The summed E-state index contributed by atoms with van der Waals surface area (Å²) in [6.45, 7) is 0.156. The van der Waals surface area contributed by atoms with Crippen LogP contribution in [-0.4, -0.2) is 31.6 Å². The van der Waals surface area contributed by atoms with Gasteiger partial charge in [0.25, 0.3) is 5.91 Å². The number of amides is 3. The van der Waals surface area contributed by atoms with Crippen LogP contribution < -0.4 is 20.7 Å². The number of hydrogen-bond donors (Lipinski definition) is 3. The number of methoxy groups -OCH3 is 1. The number of carbonyl (C=O) groups is 2. The van der Waals surface area contributed by atoms with Gasteiger partial charge in [-0.15, -0.1) is 0 Å². The maximum atomic E-state index is 12.3. The summed E-state index contributed by atoms with van der Waals surface area (Å²) >= 11 is 0. The maximum Gasteiger partial charge on any atom is 0.321 e. The molecule has 6 nitrogen and oxygen atoms in total. The summed E-state index contributed by atoms with van der Waals surface area (Å²) < 4.78 is 5.23. The highest BCUT2D eigenvalue weighted by Crippen LogP contribution is 2.21. The smallest absolute Gasteiger partial charge is 0.321 e. The van der Waals surface area contributed by atoms with Crippen LogP contribution in [0.15, 0.2) is 54.6 Å². The van der Waals surface area contributed by atoms with Crippen molar-refractivity contribution in [1.82, 2.24) is 10.6 Å². The Balaban J connectivity index is 1.60. The Hall–Kier alpha value is -2.86. The molecule has 0 bridgehead atoms. The number of benzene rings is 2. The van der Waals surface area contributed by atoms with Crippen molar-refractivity contribution in [3.63, 3.8) is 0 Å². The second-order valence-corrected chi connectivity index (χ2v) is 7.10. The summed E-state index contributed by atoms with van der Waals surface area (Å²) in [6.07, 6.45) is 4.24. The molecule has 0 unspecified atom stereocenters. The molecule has 0 spiro atoms. The zero-order valence-corrected chi connectivity index (χ0v) is 16.2. The second kappa shape index (κ2) is 9.90. The first-order valence-corrected chi connectivity index (χ1v) is 9.78. The van der Waals surface area contributed by atoms with Gasteiger partial charge >= 0.3 is 6.03 Å². The molecule has 1 aliphatic carbocycles. The highest BCUT2D eigenvalue weighted by atomic mass is 16.5. The van der Waals surface area contributed by atoms with Gasteiger partial charge in [-0.3, -0.25) is 10.1 Å². The standard InChI is InChI=1S/C22H27N3O3/c1-28-19-13-11-17(12-14-19)21(16-7-3-2-4-8-16)23-15-20(26)25-22(27)24-18-9-5-6-10-18/h2-4,7-8,11-14,18,21,23H,5-6,9-10,15H2,1H3,(H2,24,25,26,27)/p+1/t21-/m0/s1. The van der Waals surface area contributed by atoms with E-state index in [1.54, 1.807) is 7.11 Å². The van der Waals surface area contributed by atoms with Crippen molar-refractivity contribution in [2.45, 2.75) is 37.8 Å². The first kappa shape index (κ1) is 19.9. The summed E-state index contributed by atoms with van der Waals surface area (Å²) in [4.78, 5) is 24.3. The number of nitrogens with two attached hydrogens (primary N) is 1. The summed E-state index contributed by atoms with van der Waals surface area (Å²) in [5.74, 6) is 0.488. The summed E-state index contributed by atoms with van der Waals surface area (Å²) in [6, 6.07) is 17.6. The van der Waals surface area contributed by atoms with E-state index in [1.807, 2.05) is 59.9 Å². The molecule has 1 aliphatic rings. The van der Waals surface area contributed by atoms with Gasteiger partial charge in [-0.25, -0.2) is 4.79 Å². The van der Waals surface area contributed by atoms with E-state index in [4.69, 9.17) is 4.74 Å². The summed E-state index contributed by atoms with van der Waals surface area (Å²) in [5.41, 5.74) is 2.16. The van der Waals surface area contributed by atoms with Crippen LogP contribution in [0.1, 0.15) is 42.9 Å². The third-order valence-electron chi connectivity index (χ3n) is 5.12. The van der Waals surface area contributed by atoms with E-state index in [0.717, 1.165) is 42.6 Å². The number of ether oxygens (including phenoxy) is 1. The first-order chi connectivity index (χ1) is 13.7. The van der Waals surface area contributed by atoms with Gasteiger partial charge < -0.3 is 15.4 Å². The van der Waals surface area contributed by atoms with Crippen molar-refractivity contribution in [1.29, 1.82) is 0 Å². The van der Waals surface area contributed by atoms with Gasteiger partial charge in [0, 0.05) is 17.2 Å². The predicted molar refractivity (Wildman–Crippen MR) is 107 cm³/mol. The molecule has 0 aliphatic heterocycles. The maximum absolute atomic E-state index is 12.3. The van der Waals surface area contributed by atoms with Crippen molar-refractivity contribution in [2.75, 3.05) is 13.7 Å². The number of rotatable bonds is 7. The van der Waals surface area contributed by atoms with Crippen LogP contribution in [-0.2, 0) is 4.79 Å². The Bertz CT molecular complexity index is 771. The number of imide groups is 1. The molecule has 1 saturated carbocycles. The number of quaternary nitrogens is 1. The Morgan fingerprint density at radius 1 is 1.04 bits per heavy atom. The highest BCUT2D eigenvalue weighted by Gasteiger charge is 2.21. The molecule has 1 atom stereocenters. The van der Waals surface area contributed by atoms with Crippen molar-refractivity contribution < 1.29 is 19.6 Å². The van der Waals surface area contributed by atoms with E-state index < -0.39 is 6.03 Å². The minimum atomic E-state index is -0.397. The van der Waals surface area contributed by atoms with Crippen LogP contribution >= 0.6 is 0 Å². The Kier molecular flexibility index (Phi) is 7.03. The lowest BCUT2D eigenvalue weighted by atomic mass is 9.98. The Labute approximate surface area is 165 Å². The third kappa shape index (κ3) is 5.57. The molecule has 6 heteroatoms. The van der Waals surface area contributed by atoms with Gasteiger partial charge in [0.1, 0.15) is 11.8 Å². The molecular weight excluding hydrogens is 354 g/mol. The molecule has 3 amide bonds. The second-order valence-electron chi connectivity index (χ2n) is 7.10. The minimum absolute atomic E-state index is 0.0456. The van der Waals surface area contributed by atoms with Gasteiger partial charge in [0.05, 0.1) is 7.11 Å². The van der Waals surface area contributed by atoms with Crippen molar-refractivity contribution >= 4 is 11.9 Å².